The number of aromatic nitrogens is 4. The number of H-pyrrole nitrogens is 1. The van der Waals surface area contributed by atoms with Gasteiger partial charge in [0, 0.05) is 14.1 Å². The molecule has 0 fully saturated rings. The van der Waals surface area contributed by atoms with Gasteiger partial charge in [-0.3, -0.25) is 0 Å². The van der Waals surface area contributed by atoms with Crippen LogP contribution in [0.3, 0.4) is 0 Å². The molecule has 0 aromatic carbocycles. The summed E-state index contributed by atoms with van der Waals surface area (Å²) < 4.78 is 0. The van der Waals surface area contributed by atoms with Gasteiger partial charge >= 0.3 is 6.03 Å². The Morgan fingerprint density at radius 2 is 2.42 bits per heavy atom. The standard InChI is InChI=1S/C5H10N6O/c1-11(2)5(12)6-3-4-7-9-10-8-4/h3H2,1-2H3,(H,6,12)(H,7,8,9,10). The van der Waals surface area contributed by atoms with Crippen LogP contribution in [0.1, 0.15) is 5.82 Å². The number of nitrogens with zero attached hydrogens (tertiary/aromatic N) is 4. The highest BCUT2D eigenvalue weighted by molar-refractivity contribution is 5.73. The van der Waals surface area contributed by atoms with Crippen molar-refractivity contribution >= 4 is 6.03 Å². The molecule has 2 N–H and O–H groups in total. The SMILES string of the molecule is CN(C)C(=O)NCc1nnn[nH]1. The highest BCUT2D eigenvalue weighted by atomic mass is 16.2. The summed E-state index contributed by atoms with van der Waals surface area (Å²) in [6.45, 7) is 0.310. The van der Waals surface area contributed by atoms with E-state index < -0.39 is 0 Å². The second kappa shape index (κ2) is 3.65. The van der Waals surface area contributed by atoms with Crippen molar-refractivity contribution in [3.05, 3.63) is 5.82 Å². The van der Waals surface area contributed by atoms with Crippen LogP contribution in [0.2, 0.25) is 0 Å². The lowest BCUT2D eigenvalue weighted by atomic mass is 10.6. The number of rotatable bonds is 2. The Labute approximate surface area is 69.1 Å². The van der Waals surface area contributed by atoms with E-state index in [1.54, 1.807) is 14.1 Å². The molecule has 0 aliphatic carbocycles. The number of tetrazole rings is 1. The summed E-state index contributed by atoms with van der Waals surface area (Å²) in [4.78, 5) is 12.4. The first-order chi connectivity index (χ1) is 5.70. The Bertz CT molecular complexity index is 242. The quantitative estimate of drug-likeness (QED) is 0.594. The summed E-state index contributed by atoms with van der Waals surface area (Å²) in [5.74, 6) is 0.533. The second-order valence-corrected chi connectivity index (χ2v) is 2.40. The van der Waals surface area contributed by atoms with Gasteiger partial charge in [0.05, 0.1) is 6.54 Å². The number of aromatic amines is 1. The molecule has 0 unspecified atom stereocenters. The molecule has 0 spiro atoms. The molecular formula is C5H10N6O. The summed E-state index contributed by atoms with van der Waals surface area (Å²) in [7, 11) is 3.32. The van der Waals surface area contributed by atoms with Gasteiger partial charge in [0.1, 0.15) is 0 Å². The van der Waals surface area contributed by atoms with E-state index in [0.717, 1.165) is 0 Å². The van der Waals surface area contributed by atoms with Gasteiger partial charge in [-0.25, -0.2) is 9.89 Å². The predicted molar refractivity (Wildman–Crippen MR) is 40.1 cm³/mol. The van der Waals surface area contributed by atoms with Crippen molar-refractivity contribution in [3.63, 3.8) is 0 Å². The Balaban J connectivity index is 2.32. The molecular weight excluding hydrogens is 160 g/mol. The summed E-state index contributed by atoms with van der Waals surface area (Å²) in [6.07, 6.45) is 0. The van der Waals surface area contributed by atoms with Crippen molar-refractivity contribution in [2.45, 2.75) is 6.54 Å². The number of hydrogen-bond donors (Lipinski definition) is 2. The maximum atomic E-state index is 11.0. The normalized spacial score (nSPS) is 9.50. The van der Waals surface area contributed by atoms with Gasteiger partial charge < -0.3 is 10.2 Å². The van der Waals surface area contributed by atoms with Crippen molar-refractivity contribution in [2.75, 3.05) is 14.1 Å². The number of carbonyl (C=O) groups is 1. The Morgan fingerprint density at radius 1 is 1.67 bits per heavy atom. The van der Waals surface area contributed by atoms with Crippen LogP contribution >= 0.6 is 0 Å². The lowest BCUT2D eigenvalue weighted by molar-refractivity contribution is 0.216. The number of urea groups is 1. The molecule has 7 nitrogen and oxygen atoms in total. The van der Waals surface area contributed by atoms with Crippen LogP contribution in [-0.4, -0.2) is 45.7 Å². The minimum absolute atomic E-state index is 0.175. The van der Waals surface area contributed by atoms with Crippen LogP contribution in [0, 0.1) is 0 Å². The fraction of sp³-hybridized carbons (Fsp3) is 0.600. The number of nitrogens with one attached hydrogen (secondary N) is 2. The highest BCUT2D eigenvalue weighted by Crippen LogP contribution is 1.83. The Kier molecular flexibility index (Phi) is 2.57. The van der Waals surface area contributed by atoms with E-state index in [0.29, 0.717) is 12.4 Å². The van der Waals surface area contributed by atoms with Crippen LogP contribution in [0.4, 0.5) is 4.79 Å². The van der Waals surface area contributed by atoms with E-state index in [9.17, 15) is 4.79 Å². The average Bonchev–Trinajstić information content (AvgIpc) is 2.51. The third kappa shape index (κ3) is 2.19. The number of carbonyl (C=O) groups excluding carboxylic acids is 1. The molecule has 1 aromatic rings. The zero-order chi connectivity index (χ0) is 8.97. The molecule has 0 saturated heterocycles. The van der Waals surface area contributed by atoms with Crippen molar-refractivity contribution in [3.8, 4) is 0 Å². The fourth-order valence-electron chi connectivity index (χ4n) is 0.571. The smallest absolute Gasteiger partial charge is 0.317 e. The van der Waals surface area contributed by atoms with Crippen LogP contribution in [-0.2, 0) is 6.54 Å². The molecule has 0 aliphatic heterocycles. The third-order valence-electron chi connectivity index (χ3n) is 1.20. The summed E-state index contributed by atoms with van der Waals surface area (Å²) in [5, 5.41) is 15.4. The maximum Gasteiger partial charge on any atom is 0.317 e. The van der Waals surface area contributed by atoms with Gasteiger partial charge in [0.2, 0.25) is 0 Å². The monoisotopic (exact) mass is 170 g/mol. The van der Waals surface area contributed by atoms with E-state index in [-0.39, 0.29) is 6.03 Å². The molecule has 0 radical (unpaired) electrons. The molecule has 0 aliphatic rings. The lowest BCUT2D eigenvalue weighted by Crippen LogP contribution is -2.34. The summed E-state index contributed by atoms with van der Waals surface area (Å²) in [6, 6.07) is -0.175. The minimum atomic E-state index is -0.175. The topological polar surface area (TPSA) is 86.8 Å². The molecule has 0 bridgehead atoms. The van der Waals surface area contributed by atoms with Crippen molar-refractivity contribution in [1.29, 1.82) is 0 Å². The van der Waals surface area contributed by atoms with Gasteiger partial charge in [-0.15, -0.1) is 5.10 Å². The fourth-order valence-corrected chi connectivity index (χ4v) is 0.571. The Morgan fingerprint density at radius 3 is 2.92 bits per heavy atom. The molecule has 2 amide bonds. The zero-order valence-corrected chi connectivity index (χ0v) is 6.90. The molecule has 12 heavy (non-hydrogen) atoms. The van der Waals surface area contributed by atoms with Crippen LogP contribution < -0.4 is 5.32 Å². The molecule has 7 heteroatoms. The van der Waals surface area contributed by atoms with Crippen LogP contribution in [0.25, 0.3) is 0 Å². The van der Waals surface area contributed by atoms with E-state index in [4.69, 9.17) is 0 Å². The first-order valence-corrected chi connectivity index (χ1v) is 3.38. The zero-order valence-electron chi connectivity index (χ0n) is 6.90. The maximum absolute atomic E-state index is 11.0. The molecule has 1 aromatic heterocycles. The van der Waals surface area contributed by atoms with Gasteiger partial charge in [0.15, 0.2) is 5.82 Å². The predicted octanol–water partition coefficient (Wildman–Crippen LogP) is -1.03. The van der Waals surface area contributed by atoms with Crippen molar-refractivity contribution in [2.24, 2.45) is 0 Å². The highest BCUT2D eigenvalue weighted by Gasteiger charge is 2.03. The average molecular weight is 170 g/mol. The number of amides is 2. The van der Waals surface area contributed by atoms with Crippen molar-refractivity contribution < 1.29 is 4.79 Å². The largest absolute Gasteiger partial charge is 0.331 e. The minimum Gasteiger partial charge on any atom is -0.331 e. The van der Waals surface area contributed by atoms with Crippen LogP contribution in [0.15, 0.2) is 0 Å². The summed E-state index contributed by atoms with van der Waals surface area (Å²) >= 11 is 0. The molecule has 1 heterocycles. The van der Waals surface area contributed by atoms with Gasteiger partial charge in [-0.1, -0.05) is 0 Å². The molecule has 0 saturated carbocycles. The first kappa shape index (κ1) is 8.44. The van der Waals surface area contributed by atoms with Gasteiger partial charge in [-0.05, 0) is 10.4 Å². The molecule has 66 valence electrons. The van der Waals surface area contributed by atoms with Crippen molar-refractivity contribution in [1.82, 2.24) is 30.8 Å². The molecule has 0 atom stereocenters. The number of hydrogen-bond acceptors (Lipinski definition) is 4. The Hall–Kier alpha value is -1.66. The third-order valence-corrected chi connectivity index (χ3v) is 1.20. The first-order valence-electron chi connectivity index (χ1n) is 3.38. The van der Waals surface area contributed by atoms with E-state index >= 15 is 0 Å². The van der Waals surface area contributed by atoms with Gasteiger partial charge in [-0.2, -0.15) is 0 Å². The molecule has 1 rings (SSSR count). The van der Waals surface area contributed by atoms with Gasteiger partial charge in [0.25, 0.3) is 0 Å². The van der Waals surface area contributed by atoms with E-state index in [1.807, 2.05) is 0 Å². The second-order valence-electron chi connectivity index (χ2n) is 2.40. The summed E-state index contributed by atoms with van der Waals surface area (Å²) in [5.41, 5.74) is 0. The lowest BCUT2D eigenvalue weighted by Gasteiger charge is -2.09. The van der Waals surface area contributed by atoms with Crippen LogP contribution in [0.5, 0.6) is 0 Å². The van der Waals surface area contributed by atoms with E-state index in [2.05, 4.69) is 25.9 Å². The van der Waals surface area contributed by atoms with E-state index in [1.165, 1.54) is 4.90 Å².